The van der Waals surface area contributed by atoms with Crippen molar-refractivity contribution >= 4 is 12.0 Å². The summed E-state index contributed by atoms with van der Waals surface area (Å²) in [5.74, 6) is -0.876. The van der Waals surface area contributed by atoms with E-state index in [1.807, 2.05) is 14.0 Å². The molecule has 1 saturated heterocycles. The molecular weight excluding hydrogens is 258 g/mol. The number of likely N-dealkylation sites (N-methyl/N-ethyl adjacent to an activating group) is 1. The second-order valence-corrected chi connectivity index (χ2v) is 6.53. The van der Waals surface area contributed by atoms with Crippen molar-refractivity contribution in [3.05, 3.63) is 0 Å². The third-order valence-electron chi connectivity index (χ3n) is 4.53. The number of amides is 2. The highest BCUT2D eigenvalue weighted by Gasteiger charge is 2.35. The van der Waals surface area contributed by atoms with Crippen LogP contribution in [0.15, 0.2) is 0 Å². The molecular formula is C14H27N3O3. The van der Waals surface area contributed by atoms with Crippen LogP contribution in [0.25, 0.3) is 0 Å². The van der Waals surface area contributed by atoms with Gasteiger partial charge >= 0.3 is 12.0 Å². The van der Waals surface area contributed by atoms with Gasteiger partial charge in [-0.2, -0.15) is 0 Å². The second-order valence-electron chi connectivity index (χ2n) is 6.53. The largest absolute Gasteiger partial charge is 0.481 e. The molecule has 2 amide bonds. The van der Waals surface area contributed by atoms with Crippen molar-refractivity contribution in [2.24, 2.45) is 5.41 Å². The molecule has 0 aromatic heterocycles. The Morgan fingerprint density at radius 3 is 2.40 bits per heavy atom. The van der Waals surface area contributed by atoms with Gasteiger partial charge in [-0.05, 0) is 34.2 Å². The number of carbonyl (C=O) groups is 2. The van der Waals surface area contributed by atoms with Crippen LogP contribution in [0.3, 0.4) is 0 Å². The normalized spacial score (nSPS) is 22.1. The first-order valence-electron chi connectivity index (χ1n) is 7.10. The van der Waals surface area contributed by atoms with Gasteiger partial charge in [0, 0.05) is 31.7 Å². The number of nitrogens with one attached hydrogen (secondary N) is 1. The van der Waals surface area contributed by atoms with E-state index < -0.39 is 11.4 Å². The molecule has 1 rings (SSSR count). The summed E-state index contributed by atoms with van der Waals surface area (Å²) in [6.45, 7) is 9.96. The van der Waals surface area contributed by atoms with Crippen LogP contribution in [0.5, 0.6) is 0 Å². The van der Waals surface area contributed by atoms with Gasteiger partial charge in [0.1, 0.15) is 0 Å². The number of carboxylic acids is 1. The summed E-state index contributed by atoms with van der Waals surface area (Å²) in [6, 6.07) is -0.174. The van der Waals surface area contributed by atoms with Crippen molar-refractivity contribution in [1.82, 2.24) is 15.1 Å². The second kappa shape index (κ2) is 5.99. The van der Waals surface area contributed by atoms with E-state index in [9.17, 15) is 14.7 Å². The standard InChI is InChI=1S/C14H27N3O3/c1-6-14(4,11(18)19)9-15-12(20)17-8-7-16(5)13(2,3)10-17/h6-10H2,1-5H3,(H,15,20)(H,18,19). The van der Waals surface area contributed by atoms with Crippen molar-refractivity contribution < 1.29 is 14.7 Å². The quantitative estimate of drug-likeness (QED) is 0.814. The number of hydrogen-bond donors (Lipinski definition) is 2. The van der Waals surface area contributed by atoms with E-state index in [0.717, 1.165) is 6.54 Å². The van der Waals surface area contributed by atoms with Gasteiger partial charge in [0.15, 0.2) is 0 Å². The zero-order valence-electron chi connectivity index (χ0n) is 13.2. The van der Waals surface area contributed by atoms with Gasteiger partial charge in [-0.1, -0.05) is 6.92 Å². The van der Waals surface area contributed by atoms with Gasteiger partial charge in [-0.25, -0.2) is 4.79 Å². The third kappa shape index (κ3) is 3.62. The van der Waals surface area contributed by atoms with Crippen molar-refractivity contribution in [3.8, 4) is 0 Å². The first kappa shape index (κ1) is 16.8. The molecule has 1 unspecified atom stereocenters. The van der Waals surface area contributed by atoms with Gasteiger partial charge in [0.05, 0.1) is 5.41 Å². The molecule has 0 aromatic rings. The molecule has 0 radical (unpaired) electrons. The van der Waals surface area contributed by atoms with Crippen LogP contribution in [0.1, 0.15) is 34.1 Å². The van der Waals surface area contributed by atoms with E-state index in [1.54, 1.807) is 11.8 Å². The lowest BCUT2D eigenvalue weighted by Gasteiger charge is -2.45. The smallest absolute Gasteiger partial charge is 0.317 e. The molecule has 0 bridgehead atoms. The summed E-state index contributed by atoms with van der Waals surface area (Å²) in [6.07, 6.45) is 0.483. The van der Waals surface area contributed by atoms with Crippen molar-refractivity contribution in [1.29, 1.82) is 0 Å². The fourth-order valence-corrected chi connectivity index (χ4v) is 2.15. The Morgan fingerprint density at radius 1 is 1.35 bits per heavy atom. The molecule has 20 heavy (non-hydrogen) atoms. The minimum Gasteiger partial charge on any atom is -0.481 e. The first-order valence-corrected chi connectivity index (χ1v) is 7.10. The van der Waals surface area contributed by atoms with E-state index in [-0.39, 0.29) is 18.1 Å². The minimum atomic E-state index is -0.905. The lowest BCUT2D eigenvalue weighted by molar-refractivity contribution is -0.147. The highest BCUT2D eigenvalue weighted by molar-refractivity contribution is 5.78. The van der Waals surface area contributed by atoms with Crippen molar-refractivity contribution in [3.63, 3.8) is 0 Å². The number of carboxylic acid groups (broad SMARTS) is 1. The Labute approximate surface area is 121 Å². The van der Waals surface area contributed by atoms with Gasteiger partial charge in [0.25, 0.3) is 0 Å². The van der Waals surface area contributed by atoms with Crippen LogP contribution >= 0.6 is 0 Å². The van der Waals surface area contributed by atoms with E-state index >= 15 is 0 Å². The molecule has 1 heterocycles. The number of rotatable bonds is 4. The average molecular weight is 285 g/mol. The van der Waals surface area contributed by atoms with Crippen LogP contribution in [-0.2, 0) is 4.79 Å². The first-order chi connectivity index (χ1) is 9.12. The summed E-state index contributed by atoms with van der Waals surface area (Å²) in [4.78, 5) is 27.4. The van der Waals surface area contributed by atoms with E-state index in [2.05, 4.69) is 24.1 Å². The van der Waals surface area contributed by atoms with Gasteiger partial charge in [-0.15, -0.1) is 0 Å². The molecule has 116 valence electrons. The maximum Gasteiger partial charge on any atom is 0.317 e. The molecule has 6 nitrogen and oxygen atoms in total. The van der Waals surface area contributed by atoms with Crippen LogP contribution in [-0.4, -0.2) is 65.7 Å². The number of carbonyl (C=O) groups excluding carboxylic acids is 1. The number of piperazine rings is 1. The molecule has 0 aromatic carbocycles. The van der Waals surface area contributed by atoms with Gasteiger partial charge in [0.2, 0.25) is 0 Å². The fourth-order valence-electron chi connectivity index (χ4n) is 2.15. The summed E-state index contributed by atoms with van der Waals surface area (Å²) in [5.41, 5.74) is -0.964. The highest BCUT2D eigenvalue weighted by atomic mass is 16.4. The van der Waals surface area contributed by atoms with Crippen molar-refractivity contribution in [2.75, 3.05) is 33.2 Å². The monoisotopic (exact) mass is 285 g/mol. The maximum atomic E-state index is 12.2. The maximum absolute atomic E-state index is 12.2. The molecule has 6 heteroatoms. The van der Waals surface area contributed by atoms with Crippen LogP contribution in [0, 0.1) is 5.41 Å². The number of aliphatic carboxylic acids is 1. The predicted molar refractivity (Wildman–Crippen MR) is 77.7 cm³/mol. The summed E-state index contributed by atoms with van der Waals surface area (Å²) < 4.78 is 0. The molecule has 1 aliphatic heterocycles. The number of hydrogen-bond acceptors (Lipinski definition) is 3. The molecule has 2 N–H and O–H groups in total. The molecule has 0 aliphatic carbocycles. The molecule has 1 fully saturated rings. The minimum absolute atomic E-state index is 0.0591. The molecule has 0 spiro atoms. The van der Waals surface area contributed by atoms with E-state index in [4.69, 9.17) is 0 Å². The lowest BCUT2D eigenvalue weighted by Crippen LogP contribution is -2.61. The lowest BCUT2D eigenvalue weighted by atomic mass is 9.88. The Morgan fingerprint density at radius 2 is 1.95 bits per heavy atom. The highest BCUT2D eigenvalue weighted by Crippen LogP contribution is 2.21. The van der Waals surface area contributed by atoms with Crippen LogP contribution < -0.4 is 5.32 Å². The zero-order chi connectivity index (χ0) is 15.6. The summed E-state index contributed by atoms with van der Waals surface area (Å²) >= 11 is 0. The van der Waals surface area contributed by atoms with Crippen LogP contribution in [0.4, 0.5) is 4.79 Å². The van der Waals surface area contributed by atoms with Crippen molar-refractivity contribution in [2.45, 2.75) is 39.7 Å². The zero-order valence-corrected chi connectivity index (χ0v) is 13.2. The third-order valence-corrected chi connectivity index (χ3v) is 4.53. The topological polar surface area (TPSA) is 72.9 Å². The number of nitrogens with zero attached hydrogens (tertiary/aromatic N) is 2. The predicted octanol–water partition coefficient (Wildman–Crippen LogP) is 1.22. The van der Waals surface area contributed by atoms with Gasteiger partial charge in [-0.3, -0.25) is 9.69 Å². The van der Waals surface area contributed by atoms with Gasteiger partial charge < -0.3 is 15.3 Å². The molecule has 1 aliphatic rings. The van der Waals surface area contributed by atoms with Crippen LogP contribution in [0.2, 0.25) is 0 Å². The SMILES string of the molecule is CCC(C)(CNC(=O)N1CCN(C)C(C)(C)C1)C(=O)O. The fraction of sp³-hybridized carbons (Fsp3) is 0.857. The van der Waals surface area contributed by atoms with E-state index in [1.165, 1.54) is 0 Å². The summed E-state index contributed by atoms with van der Waals surface area (Å²) in [7, 11) is 2.05. The Kier molecular flexibility index (Phi) is 5.02. The molecule has 0 saturated carbocycles. The average Bonchev–Trinajstić information content (AvgIpc) is 2.38. The Hall–Kier alpha value is -1.30. The Bertz CT molecular complexity index is 384. The number of urea groups is 1. The summed E-state index contributed by atoms with van der Waals surface area (Å²) in [5, 5.41) is 12.0. The molecule has 1 atom stereocenters. The van der Waals surface area contributed by atoms with E-state index in [0.29, 0.717) is 19.5 Å². The Balaban J connectivity index is 2.58.